The van der Waals surface area contributed by atoms with E-state index in [9.17, 15) is 0 Å². The van der Waals surface area contributed by atoms with Crippen molar-refractivity contribution in [1.29, 1.82) is 0 Å². The van der Waals surface area contributed by atoms with E-state index in [1.54, 1.807) is 0 Å². The smallest absolute Gasteiger partial charge is 0.0546 e. The molecule has 9 aromatic carbocycles. The van der Waals surface area contributed by atoms with E-state index in [2.05, 4.69) is 243 Å². The van der Waals surface area contributed by atoms with Gasteiger partial charge in [-0.25, -0.2) is 0 Å². The van der Waals surface area contributed by atoms with Crippen molar-refractivity contribution in [1.82, 2.24) is 0 Å². The Labute approximate surface area is 342 Å². The van der Waals surface area contributed by atoms with Crippen LogP contribution in [-0.2, 0) is 5.41 Å². The number of hydrogen-bond donors (Lipinski definition) is 0. The normalized spacial score (nSPS) is 12.4. The zero-order chi connectivity index (χ0) is 39.1. The van der Waals surface area contributed by atoms with Crippen LogP contribution in [0, 0.1) is 0 Å². The van der Waals surface area contributed by atoms with Gasteiger partial charge >= 0.3 is 0 Å². The topological polar surface area (TPSA) is 3.24 Å². The van der Waals surface area contributed by atoms with Crippen molar-refractivity contribution >= 4 is 17.1 Å². The van der Waals surface area contributed by atoms with Gasteiger partial charge in [-0.05, 0) is 97.1 Å². The van der Waals surface area contributed by atoms with E-state index in [1.807, 2.05) is 0 Å². The Morgan fingerprint density at radius 3 is 1.41 bits per heavy atom. The third-order valence-corrected chi connectivity index (χ3v) is 11.9. The summed E-state index contributed by atoms with van der Waals surface area (Å²) in [6.07, 6.45) is 0. The molecule has 0 N–H and O–H groups in total. The molecule has 1 aliphatic rings. The predicted molar refractivity (Wildman–Crippen MR) is 246 cm³/mol. The molecule has 0 saturated heterocycles. The fraction of sp³-hybridized carbons (Fsp3) is 0.0526. The molecule has 0 heterocycles. The number of fused-ring (bicyclic) bond motifs is 3. The Morgan fingerprint density at radius 2 is 0.759 bits per heavy atom. The maximum atomic E-state index is 2.48. The minimum atomic E-state index is -0.107. The minimum Gasteiger partial charge on any atom is -0.309 e. The van der Waals surface area contributed by atoms with Crippen LogP contribution in [-0.4, -0.2) is 0 Å². The van der Waals surface area contributed by atoms with Crippen molar-refractivity contribution in [2.24, 2.45) is 0 Å². The third kappa shape index (κ3) is 6.13. The molecule has 0 aliphatic heterocycles. The van der Waals surface area contributed by atoms with E-state index in [-0.39, 0.29) is 5.41 Å². The summed E-state index contributed by atoms with van der Waals surface area (Å²) < 4.78 is 0. The average Bonchev–Trinajstić information content (AvgIpc) is 3.54. The fourth-order valence-electron chi connectivity index (χ4n) is 9.07. The Kier molecular flexibility index (Phi) is 8.92. The molecule has 0 atom stereocenters. The third-order valence-electron chi connectivity index (χ3n) is 11.9. The van der Waals surface area contributed by atoms with Crippen LogP contribution in [0.3, 0.4) is 0 Å². The number of hydrogen-bond acceptors (Lipinski definition) is 1. The second-order valence-electron chi connectivity index (χ2n) is 15.7. The molecule has 1 heteroatoms. The van der Waals surface area contributed by atoms with Gasteiger partial charge < -0.3 is 4.90 Å². The molecule has 0 spiro atoms. The highest BCUT2D eigenvalue weighted by atomic mass is 15.1. The molecule has 0 fully saturated rings. The zero-order valence-electron chi connectivity index (χ0n) is 32.8. The molecule has 10 rings (SSSR count). The highest BCUT2D eigenvalue weighted by Crippen LogP contribution is 2.55. The first-order valence-electron chi connectivity index (χ1n) is 20.2. The molecule has 0 saturated carbocycles. The first-order valence-corrected chi connectivity index (χ1v) is 20.2. The van der Waals surface area contributed by atoms with Gasteiger partial charge in [-0.3, -0.25) is 0 Å². The number of nitrogens with zero attached hydrogens (tertiary/aromatic N) is 1. The Bertz CT molecular complexity index is 2880. The molecule has 0 unspecified atom stereocenters. The molecule has 0 radical (unpaired) electrons. The lowest BCUT2D eigenvalue weighted by Crippen LogP contribution is -2.14. The summed E-state index contributed by atoms with van der Waals surface area (Å²) in [5, 5.41) is 0. The zero-order valence-corrected chi connectivity index (χ0v) is 32.8. The molecule has 0 bridgehead atoms. The molecular formula is C57H43N. The highest BCUT2D eigenvalue weighted by molar-refractivity contribution is 6.03. The Balaban J connectivity index is 1.27. The quantitative estimate of drug-likeness (QED) is 0.150. The van der Waals surface area contributed by atoms with E-state index in [0.29, 0.717) is 0 Å². The van der Waals surface area contributed by atoms with Crippen LogP contribution in [0.4, 0.5) is 17.1 Å². The lowest BCUT2D eigenvalue weighted by molar-refractivity contribution is 0.660. The first kappa shape index (κ1) is 35.2. The van der Waals surface area contributed by atoms with Crippen LogP contribution in [0.1, 0.15) is 25.0 Å². The van der Waals surface area contributed by atoms with Crippen LogP contribution in [0.5, 0.6) is 0 Å². The van der Waals surface area contributed by atoms with Crippen molar-refractivity contribution < 1.29 is 0 Å². The Hall–Kier alpha value is -7.22. The number of benzene rings is 9. The SMILES string of the molecule is CC1(C)c2ccccc2-c2c(-c3cccc(N(c4ccc(-c5ccccc5)cc4)c4ccc(-c5ccccc5)cc4-c4ccccc4)c3-c3ccccc3)cccc21. The van der Waals surface area contributed by atoms with Crippen molar-refractivity contribution in [2.45, 2.75) is 19.3 Å². The van der Waals surface area contributed by atoms with Gasteiger partial charge in [0.05, 0.1) is 11.4 Å². The summed E-state index contributed by atoms with van der Waals surface area (Å²) in [5.74, 6) is 0. The maximum absolute atomic E-state index is 2.48. The van der Waals surface area contributed by atoms with Crippen LogP contribution >= 0.6 is 0 Å². The minimum absolute atomic E-state index is 0.107. The summed E-state index contributed by atoms with van der Waals surface area (Å²) in [6, 6.07) is 81.9. The van der Waals surface area contributed by atoms with Gasteiger partial charge in [0.1, 0.15) is 0 Å². The van der Waals surface area contributed by atoms with E-state index in [4.69, 9.17) is 0 Å². The molecule has 1 nitrogen and oxygen atoms in total. The summed E-state index contributed by atoms with van der Waals surface area (Å²) in [6.45, 7) is 4.72. The van der Waals surface area contributed by atoms with Crippen LogP contribution in [0.2, 0.25) is 0 Å². The summed E-state index contributed by atoms with van der Waals surface area (Å²) in [5.41, 5.74) is 20.5. The summed E-state index contributed by atoms with van der Waals surface area (Å²) in [4.78, 5) is 2.48. The largest absolute Gasteiger partial charge is 0.309 e. The van der Waals surface area contributed by atoms with Gasteiger partial charge in [0, 0.05) is 22.2 Å². The van der Waals surface area contributed by atoms with Gasteiger partial charge in [-0.15, -0.1) is 0 Å². The van der Waals surface area contributed by atoms with Crippen molar-refractivity contribution in [3.8, 4) is 66.8 Å². The van der Waals surface area contributed by atoms with Crippen molar-refractivity contribution in [2.75, 3.05) is 4.90 Å². The molecule has 0 aromatic heterocycles. The van der Waals surface area contributed by atoms with Gasteiger partial charge in [0.15, 0.2) is 0 Å². The van der Waals surface area contributed by atoms with E-state index in [0.717, 1.165) is 22.6 Å². The van der Waals surface area contributed by atoms with Crippen LogP contribution < -0.4 is 4.90 Å². The second-order valence-corrected chi connectivity index (χ2v) is 15.7. The monoisotopic (exact) mass is 741 g/mol. The van der Waals surface area contributed by atoms with E-state index in [1.165, 1.54) is 72.3 Å². The predicted octanol–water partition coefficient (Wildman–Crippen LogP) is 15.8. The molecule has 1 aliphatic carbocycles. The maximum Gasteiger partial charge on any atom is 0.0546 e. The fourth-order valence-corrected chi connectivity index (χ4v) is 9.07. The molecule has 58 heavy (non-hydrogen) atoms. The van der Waals surface area contributed by atoms with Crippen molar-refractivity contribution in [3.05, 3.63) is 236 Å². The number of anilines is 3. The average molecular weight is 742 g/mol. The number of rotatable bonds is 8. The van der Waals surface area contributed by atoms with Crippen molar-refractivity contribution in [3.63, 3.8) is 0 Å². The van der Waals surface area contributed by atoms with Gasteiger partial charge in [0.25, 0.3) is 0 Å². The second kappa shape index (κ2) is 14.7. The van der Waals surface area contributed by atoms with Gasteiger partial charge in [-0.2, -0.15) is 0 Å². The summed E-state index contributed by atoms with van der Waals surface area (Å²) in [7, 11) is 0. The summed E-state index contributed by atoms with van der Waals surface area (Å²) >= 11 is 0. The standard InChI is InChI=1S/C57H43N/c1-57(2)51-30-16-15-27-49(51)56-48(28-17-31-52(56)57)47-29-18-32-54(55(47)44-25-13-6-14-26-44)58(46-36-33-42(34-37-46)40-19-7-3-8-20-40)53-38-35-45(41-21-9-4-10-22-41)39-50(53)43-23-11-5-12-24-43/h3-39H,1-2H3. The highest BCUT2D eigenvalue weighted by Gasteiger charge is 2.37. The molecule has 0 amide bonds. The molecule has 276 valence electrons. The van der Waals surface area contributed by atoms with E-state index >= 15 is 0 Å². The van der Waals surface area contributed by atoms with Crippen LogP contribution in [0.15, 0.2) is 224 Å². The van der Waals surface area contributed by atoms with Gasteiger partial charge in [-0.1, -0.05) is 208 Å². The van der Waals surface area contributed by atoms with E-state index < -0.39 is 0 Å². The molecular weight excluding hydrogens is 699 g/mol. The Morgan fingerprint density at radius 1 is 0.293 bits per heavy atom. The van der Waals surface area contributed by atoms with Crippen LogP contribution in [0.25, 0.3) is 66.8 Å². The molecule has 9 aromatic rings. The van der Waals surface area contributed by atoms with Gasteiger partial charge in [0.2, 0.25) is 0 Å². The lowest BCUT2D eigenvalue weighted by Gasteiger charge is -2.31. The first-order chi connectivity index (χ1) is 28.6. The lowest BCUT2D eigenvalue weighted by atomic mass is 9.81.